The van der Waals surface area contributed by atoms with Gasteiger partial charge in [-0.15, -0.1) is 0 Å². The maximum absolute atomic E-state index is 12.0. The summed E-state index contributed by atoms with van der Waals surface area (Å²) in [5, 5.41) is 0. The molecule has 2 fully saturated rings. The zero-order chi connectivity index (χ0) is 16.5. The number of pyridine rings is 1. The van der Waals surface area contributed by atoms with Crippen LogP contribution in [0, 0.1) is 0 Å². The predicted octanol–water partition coefficient (Wildman–Crippen LogP) is 1.10. The van der Waals surface area contributed by atoms with Gasteiger partial charge in [0.2, 0.25) is 10.0 Å². The number of hydrogen-bond donors (Lipinski definition) is 0. The number of likely N-dealkylation sites (N-methyl/N-ethyl adjacent to an activating group) is 1. The molecule has 23 heavy (non-hydrogen) atoms. The lowest BCUT2D eigenvalue weighted by Crippen LogP contribution is -2.38. The van der Waals surface area contributed by atoms with E-state index in [4.69, 9.17) is 4.74 Å². The molecule has 0 aromatic carbocycles. The Morgan fingerprint density at radius 1 is 1.48 bits per heavy atom. The van der Waals surface area contributed by atoms with Crippen molar-refractivity contribution in [1.82, 2.24) is 14.2 Å². The molecule has 7 heteroatoms. The summed E-state index contributed by atoms with van der Waals surface area (Å²) in [6.45, 7) is 4.20. The fourth-order valence-electron chi connectivity index (χ4n) is 3.49. The number of aromatic nitrogens is 1. The Balaban J connectivity index is 1.60. The van der Waals surface area contributed by atoms with Gasteiger partial charge in [0.05, 0.1) is 23.7 Å². The lowest BCUT2D eigenvalue weighted by atomic mass is 9.96. The highest BCUT2D eigenvalue weighted by molar-refractivity contribution is 7.89. The Morgan fingerprint density at radius 2 is 2.30 bits per heavy atom. The summed E-state index contributed by atoms with van der Waals surface area (Å²) in [5.41, 5.74) is 0.739. The molecule has 0 unspecified atom stereocenters. The molecule has 2 aliphatic rings. The van der Waals surface area contributed by atoms with Crippen LogP contribution >= 0.6 is 0 Å². The second-order valence-electron chi connectivity index (χ2n) is 6.57. The van der Waals surface area contributed by atoms with Crippen LogP contribution in [0.15, 0.2) is 24.4 Å². The SMILES string of the molecule is CCS(=O)(=O)N1CC[C@@]2(C[C@H](N(C)Cc3ccccn3)CO2)C1. The van der Waals surface area contributed by atoms with Crippen LogP contribution < -0.4 is 0 Å². The van der Waals surface area contributed by atoms with E-state index in [-0.39, 0.29) is 11.4 Å². The van der Waals surface area contributed by atoms with Gasteiger partial charge < -0.3 is 4.74 Å². The summed E-state index contributed by atoms with van der Waals surface area (Å²) in [7, 11) is -1.04. The van der Waals surface area contributed by atoms with E-state index < -0.39 is 10.0 Å². The van der Waals surface area contributed by atoms with E-state index in [1.165, 1.54) is 0 Å². The number of sulfonamides is 1. The summed E-state index contributed by atoms with van der Waals surface area (Å²) in [6, 6.07) is 6.24. The third kappa shape index (κ3) is 3.57. The van der Waals surface area contributed by atoms with Crippen LogP contribution in [0.3, 0.4) is 0 Å². The third-order valence-electron chi connectivity index (χ3n) is 4.99. The standard InChI is InChI=1S/C16H25N3O3S/c1-3-23(20,21)19-9-7-16(13-19)10-15(12-22-16)18(2)11-14-6-4-5-8-17-14/h4-6,8,15H,3,7,9-13H2,1-2H3/t15-,16+/m0/s1. The molecule has 0 bridgehead atoms. The van der Waals surface area contributed by atoms with Crippen LogP contribution in [0.4, 0.5) is 0 Å². The van der Waals surface area contributed by atoms with Crippen LogP contribution in [0.1, 0.15) is 25.5 Å². The molecular weight excluding hydrogens is 314 g/mol. The van der Waals surface area contributed by atoms with Crippen molar-refractivity contribution >= 4 is 10.0 Å². The molecule has 128 valence electrons. The number of ether oxygens (including phenoxy) is 1. The van der Waals surface area contributed by atoms with E-state index in [1.807, 2.05) is 18.2 Å². The van der Waals surface area contributed by atoms with Crippen LogP contribution in [0.2, 0.25) is 0 Å². The number of hydrogen-bond acceptors (Lipinski definition) is 5. The van der Waals surface area contributed by atoms with Crippen molar-refractivity contribution in [2.75, 3.05) is 32.5 Å². The largest absolute Gasteiger partial charge is 0.372 e. The van der Waals surface area contributed by atoms with Gasteiger partial charge in [-0.25, -0.2) is 8.42 Å². The minimum atomic E-state index is -3.12. The first-order chi connectivity index (χ1) is 10.9. The molecule has 2 atom stereocenters. The van der Waals surface area contributed by atoms with Crippen LogP contribution in [-0.2, 0) is 21.3 Å². The first kappa shape index (κ1) is 16.8. The quantitative estimate of drug-likeness (QED) is 0.804. The minimum Gasteiger partial charge on any atom is -0.372 e. The fraction of sp³-hybridized carbons (Fsp3) is 0.688. The van der Waals surface area contributed by atoms with Gasteiger partial charge in [-0.3, -0.25) is 9.88 Å². The molecule has 0 amide bonds. The maximum atomic E-state index is 12.0. The number of rotatable bonds is 5. The Labute approximate surface area is 138 Å². The van der Waals surface area contributed by atoms with Gasteiger partial charge in [0.1, 0.15) is 0 Å². The van der Waals surface area contributed by atoms with E-state index in [9.17, 15) is 8.42 Å². The minimum absolute atomic E-state index is 0.159. The van der Waals surface area contributed by atoms with E-state index in [1.54, 1.807) is 17.4 Å². The smallest absolute Gasteiger partial charge is 0.213 e. The molecule has 0 radical (unpaired) electrons. The monoisotopic (exact) mass is 339 g/mol. The Morgan fingerprint density at radius 3 is 3.00 bits per heavy atom. The number of nitrogens with zero attached hydrogens (tertiary/aromatic N) is 3. The lowest BCUT2D eigenvalue weighted by molar-refractivity contribution is 0.0153. The van der Waals surface area contributed by atoms with Crippen LogP contribution in [0.25, 0.3) is 0 Å². The molecule has 2 saturated heterocycles. The molecule has 3 heterocycles. The molecule has 0 N–H and O–H groups in total. The predicted molar refractivity (Wildman–Crippen MR) is 88.4 cm³/mol. The summed E-state index contributed by atoms with van der Waals surface area (Å²) in [5.74, 6) is 0.159. The summed E-state index contributed by atoms with van der Waals surface area (Å²) in [6.07, 6.45) is 3.48. The molecular formula is C16H25N3O3S. The molecule has 3 rings (SSSR count). The zero-order valence-electron chi connectivity index (χ0n) is 13.8. The van der Waals surface area contributed by atoms with Gasteiger partial charge in [0, 0.05) is 31.9 Å². The van der Waals surface area contributed by atoms with E-state index in [0.717, 1.165) is 25.1 Å². The highest BCUT2D eigenvalue weighted by Gasteiger charge is 2.48. The van der Waals surface area contributed by atoms with Crippen molar-refractivity contribution in [1.29, 1.82) is 0 Å². The molecule has 0 saturated carbocycles. The van der Waals surface area contributed by atoms with E-state index in [2.05, 4.69) is 16.9 Å². The van der Waals surface area contributed by atoms with Gasteiger partial charge >= 0.3 is 0 Å². The van der Waals surface area contributed by atoms with Crippen molar-refractivity contribution < 1.29 is 13.2 Å². The summed E-state index contributed by atoms with van der Waals surface area (Å²) in [4.78, 5) is 6.62. The first-order valence-electron chi connectivity index (χ1n) is 8.16. The Kier molecular flexibility index (Phi) is 4.73. The molecule has 6 nitrogen and oxygen atoms in total. The molecule has 1 aromatic rings. The van der Waals surface area contributed by atoms with Crippen molar-refractivity contribution in [2.45, 2.75) is 38.0 Å². The molecule has 1 spiro atoms. The molecule has 2 aliphatic heterocycles. The average Bonchev–Trinajstić information content (AvgIpc) is 3.16. The Bertz CT molecular complexity index is 637. The third-order valence-corrected chi connectivity index (χ3v) is 6.82. The highest BCUT2D eigenvalue weighted by atomic mass is 32.2. The van der Waals surface area contributed by atoms with Crippen molar-refractivity contribution in [3.8, 4) is 0 Å². The summed E-state index contributed by atoms with van der Waals surface area (Å²) < 4.78 is 31.8. The normalized spacial score (nSPS) is 28.9. The van der Waals surface area contributed by atoms with Crippen LogP contribution in [0.5, 0.6) is 0 Å². The van der Waals surface area contributed by atoms with Crippen LogP contribution in [-0.4, -0.2) is 66.7 Å². The fourth-order valence-corrected chi connectivity index (χ4v) is 4.66. The Hall–Kier alpha value is -1.02. The van der Waals surface area contributed by atoms with Gasteiger partial charge in [-0.1, -0.05) is 6.07 Å². The second kappa shape index (κ2) is 6.47. The van der Waals surface area contributed by atoms with Gasteiger partial charge in [0.15, 0.2) is 0 Å². The zero-order valence-corrected chi connectivity index (χ0v) is 14.6. The van der Waals surface area contributed by atoms with Crippen molar-refractivity contribution in [3.63, 3.8) is 0 Å². The lowest BCUT2D eigenvalue weighted by Gasteiger charge is -2.25. The average molecular weight is 339 g/mol. The topological polar surface area (TPSA) is 62.7 Å². The van der Waals surface area contributed by atoms with E-state index in [0.29, 0.717) is 25.7 Å². The van der Waals surface area contributed by atoms with Gasteiger partial charge in [-0.05, 0) is 38.9 Å². The molecule has 1 aromatic heterocycles. The van der Waals surface area contributed by atoms with Gasteiger partial charge in [-0.2, -0.15) is 4.31 Å². The summed E-state index contributed by atoms with van der Waals surface area (Å²) >= 11 is 0. The second-order valence-corrected chi connectivity index (χ2v) is 8.83. The maximum Gasteiger partial charge on any atom is 0.213 e. The van der Waals surface area contributed by atoms with Crippen molar-refractivity contribution in [2.24, 2.45) is 0 Å². The highest BCUT2D eigenvalue weighted by Crippen LogP contribution is 2.37. The molecule has 0 aliphatic carbocycles. The van der Waals surface area contributed by atoms with Gasteiger partial charge in [0.25, 0.3) is 0 Å². The van der Waals surface area contributed by atoms with Crippen molar-refractivity contribution in [3.05, 3.63) is 30.1 Å². The van der Waals surface area contributed by atoms with E-state index >= 15 is 0 Å². The first-order valence-corrected chi connectivity index (χ1v) is 9.77.